The zero-order valence-electron chi connectivity index (χ0n) is 24.6. The largest absolute Gasteiger partial charge is 0.524 e. The van der Waals surface area contributed by atoms with Crippen LogP contribution in [-0.2, 0) is 25.4 Å². The minimum Gasteiger partial charge on any atom is -0.404 e. The molecule has 0 spiro atoms. The Labute approximate surface area is 247 Å². The molecule has 2 heterocycles. The molecule has 0 radical (unpaired) electrons. The number of allylic oxidation sites excluding steroid dienone is 1. The lowest BCUT2D eigenvalue weighted by Crippen LogP contribution is -2.58. The molecule has 226 valence electrons. The molecule has 3 amide bonds. The van der Waals surface area contributed by atoms with E-state index in [0.717, 1.165) is 30.5 Å². The first-order chi connectivity index (χ1) is 19.7. The number of fused-ring (bicyclic) bond motifs is 1. The molecular weight excluding hydrogens is 557 g/mol. The van der Waals surface area contributed by atoms with Crippen LogP contribution in [0, 0.1) is 5.41 Å². The van der Waals surface area contributed by atoms with Gasteiger partial charge in [-0.1, -0.05) is 51.1 Å². The Kier molecular flexibility index (Phi) is 9.60. The number of amides is 3. The number of carbonyl (C=O) groups is 3. The number of likely N-dealkylation sites (tertiary alicyclic amines) is 1. The molecule has 4 rings (SSSR count). The van der Waals surface area contributed by atoms with Gasteiger partial charge in [0.05, 0.1) is 0 Å². The van der Waals surface area contributed by atoms with Crippen molar-refractivity contribution in [2.75, 3.05) is 18.0 Å². The average Bonchev–Trinajstić information content (AvgIpc) is 3.30. The van der Waals surface area contributed by atoms with Crippen molar-refractivity contribution < 1.29 is 33.3 Å². The number of anilines is 1. The number of phosphoric acid groups is 1. The summed E-state index contributed by atoms with van der Waals surface area (Å²) in [6, 6.07) is 12.5. The Hall–Kier alpha value is -3.46. The maximum atomic E-state index is 14.0. The Morgan fingerprint density at radius 1 is 1.02 bits per heavy atom. The number of nitrogens with zero attached hydrogens (tertiary/aromatic N) is 2. The molecule has 1 unspecified atom stereocenters. The zero-order valence-corrected chi connectivity index (χ0v) is 25.5. The lowest BCUT2D eigenvalue weighted by atomic mass is 9.85. The number of carbonyl (C=O) groups excluding carboxylic acids is 3. The summed E-state index contributed by atoms with van der Waals surface area (Å²) >= 11 is 0. The lowest BCUT2D eigenvalue weighted by molar-refractivity contribution is -0.142. The molecule has 42 heavy (non-hydrogen) atoms. The first kappa shape index (κ1) is 31.5. The molecule has 0 bridgehead atoms. The highest BCUT2D eigenvalue weighted by Crippen LogP contribution is 2.37. The lowest BCUT2D eigenvalue weighted by Gasteiger charge is -2.36. The molecule has 2 aromatic rings. The van der Waals surface area contributed by atoms with E-state index in [2.05, 4.69) is 15.9 Å². The van der Waals surface area contributed by atoms with Crippen molar-refractivity contribution in [3.8, 4) is 5.75 Å². The number of benzene rings is 2. The molecule has 2 aromatic carbocycles. The standard InChI is InChI=1S/C31H40N3O7P/c1-21(22-14-16-24(17-15-22)41-42(38,39)40)20-27(35)32-28(31(2,3)4)30(37)34-19-9-13-26(34)29(36)33-18-8-7-11-23-10-5-6-12-25(23)33/h5-6,10,12,14-17,20,26,28H,7-9,11,13,18-19H2,1-4H3,(H,32,35)(H2,38,39,40)/b21-20+/t26?,28-/m1/s1. The highest BCUT2D eigenvalue weighted by atomic mass is 31.2. The van der Waals surface area contributed by atoms with Crippen LogP contribution in [0.15, 0.2) is 54.6 Å². The first-order valence-corrected chi connectivity index (χ1v) is 15.8. The molecule has 1 fully saturated rings. The number of rotatable bonds is 7. The van der Waals surface area contributed by atoms with Crippen molar-refractivity contribution in [1.29, 1.82) is 0 Å². The van der Waals surface area contributed by atoms with Crippen LogP contribution in [0.1, 0.15) is 64.5 Å². The van der Waals surface area contributed by atoms with Crippen molar-refractivity contribution in [3.05, 3.63) is 65.7 Å². The smallest absolute Gasteiger partial charge is 0.404 e. The van der Waals surface area contributed by atoms with Crippen molar-refractivity contribution in [1.82, 2.24) is 10.2 Å². The van der Waals surface area contributed by atoms with E-state index in [0.29, 0.717) is 37.1 Å². The number of nitrogens with one attached hydrogen (secondary N) is 1. The van der Waals surface area contributed by atoms with E-state index in [-0.39, 0.29) is 17.6 Å². The molecule has 2 aliphatic rings. The van der Waals surface area contributed by atoms with Crippen molar-refractivity contribution in [3.63, 3.8) is 0 Å². The van der Waals surface area contributed by atoms with Gasteiger partial charge < -0.3 is 19.6 Å². The number of para-hydroxylation sites is 1. The highest BCUT2D eigenvalue weighted by molar-refractivity contribution is 7.46. The molecule has 0 saturated carbocycles. The fraction of sp³-hybridized carbons (Fsp3) is 0.452. The maximum Gasteiger partial charge on any atom is 0.524 e. The fourth-order valence-electron chi connectivity index (χ4n) is 5.58. The Morgan fingerprint density at radius 3 is 2.38 bits per heavy atom. The second-order valence-electron chi connectivity index (χ2n) is 12.0. The van der Waals surface area contributed by atoms with Gasteiger partial charge in [0.25, 0.3) is 0 Å². The number of phosphoric ester groups is 1. The molecule has 0 aromatic heterocycles. The minimum atomic E-state index is -4.67. The topological polar surface area (TPSA) is 136 Å². The third-order valence-electron chi connectivity index (χ3n) is 7.73. The van der Waals surface area contributed by atoms with Crippen molar-refractivity contribution >= 4 is 36.8 Å². The van der Waals surface area contributed by atoms with Gasteiger partial charge in [-0.3, -0.25) is 24.2 Å². The van der Waals surface area contributed by atoms with Crippen LogP contribution in [0.4, 0.5) is 5.69 Å². The van der Waals surface area contributed by atoms with E-state index >= 15 is 0 Å². The van der Waals surface area contributed by atoms with Crippen LogP contribution in [0.2, 0.25) is 0 Å². The summed E-state index contributed by atoms with van der Waals surface area (Å²) in [7, 11) is -4.67. The van der Waals surface area contributed by atoms with Gasteiger partial charge in [-0.05, 0) is 79.3 Å². The monoisotopic (exact) mass is 597 g/mol. The molecular formula is C31H40N3O7P. The quantitative estimate of drug-likeness (QED) is 0.317. The van der Waals surface area contributed by atoms with Crippen LogP contribution in [0.5, 0.6) is 5.75 Å². The molecule has 3 N–H and O–H groups in total. The first-order valence-electron chi connectivity index (χ1n) is 14.3. The maximum absolute atomic E-state index is 14.0. The normalized spacial score (nSPS) is 18.6. The van der Waals surface area contributed by atoms with Crippen LogP contribution >= 0.6 is 7.82 Å². The summed E-state index contributed by atoms with van der Waals surface area (Å²) in [5.74, 6) is -0.808. The summed E-state index contributed by atoms with van der Waals surface area (Å²) in [4.78, 5) is 62.5. The summed E-state index contributed by atoms with van der Waals surface area (Å²) in [5, 5.41) is 2.88. The second-order valence-corrected chi connectivity index (χ2v) is 13.2. The van der Waals surface area contributed by atoms with Gasteiger partial charge in [-0.15, -0.1) is 0 Å². The van der Waals surface area contributed by atoms with E-state index in [1.807, 2.05) is 43.9 Å². The van der Waals surface area contributed by atoms with E-state index in [1.165, 1.54) is 18.2 Å². The SMILES string of the molecule is C/C(=C\C(=O)N[C@H](C(=O)N1CCCC1C(=O)N1CCCCc2ccccc21)C(C)(C)C)c1ccc(OP(=O)(O)O)cc1. The van der Waals surface area contributed by atoms with Crippen LogP contribution < -0.4 is 14.7 Å². The van der Waals surface area contributed by atoms with Crippen molar-refractivity contribution in [2.45, 2.75) is 71.9 Å². The number of hydrogen-bond acceptors (Lipinski definition) is 5. The van der Waals surface area contributed by atoms with E-state index in [9.17, 15) is 18.9 Å². The Balaban J connectivity index is 1.50. The van der Waals surface area contributed by atoms with Crippen LogP contribution in [0.25, 0.3) is 5.57 Å². The third-order valence-corrected chi connectivity index (χ3v) is 8.18. The van der Waals surface area contributed by atoms with Gasteiger partial charge in [0.1, 0.15) is 17.8 Å². The zero-order chi connectivity index (χ0) is 30.7. The summed E-state index contributed by atoms with van der Waals surface area (Å²) < 4.78 is 15.6. The predicted octanol–water partition coefficient (Wildman–Crippen LogP) is 4.45. The molecule has 10 nitrogen and oxygen atoms in total. The summed E-state index contributed by atoms with van der Waals surface area (Å²) in [6.07, 6.45) is 5.49. The van der Waals surface area contributed by atoms with Gasteiger partial charge in [-0.2, -0.15) is 0 Å². The Morgan fingerprint density at radius 2 is 1.71 bits per heavy atom. The molecule has 0 aliphatic carbocycles. The van der Waals surface area contributed by atoms with E-state index in [1.54, 1.807) is 24.0 Å². The summed E-state index contributed by atoms with van der Waals surface area (Å²) in [5.41, 5.74) is 2.67. The van der Waals surface area contributed by atoms with Gasteiger partial charge in [0, 0.05) is 24.9 Å². The number of hydrogen-bond donors (Lipinski definition) is 3. The molecule has 1 saturated heterocycles. The van der Waals surface area contributed by atoms with Gasteiger partial charge in [-0.25, -0.2) is 4.57 Å². The predicted molar refractivity (Wildman–Crippen MR) is 161 cm³/mol. The third kappa shape index (κ3) is 7.68. The molecule has 2 aliphatic heterocycles. The molecule has 11 heteroatoms. The summed E-state index contributed by atoms with van der Waals surface area (Å²) in [6.45, 7) is 8.42. The number of aryl methyl sites for hydroxylation is 1. The Bertz CT molecular complexity index is 1390. The van der Waals surface area contributed by atoms with Crippen LogP contribution in [0.3, 0.4) is 0 Å². The van der Waals surface area contributed by atoms with E-state index < -0.39 is 31.2 Å². The van der Waals surface area contributed by atoms with E-state index in [4.69, 9.17) is 9.79 Å². The fourth-order valence-corrected chi connectivity index (χ4v) is 5.98. The van der Waals surface area contributed by atoms with Gasteiger partial charge >= 0.3 is 7.82 Å². The highest BCUT2D eigenvalue weighted by Gasteiger charge is 2.43. The van der Waals surface area contributed by atoms with Crippen LogP contribution in [-0.4, -0.2) is 57.6 Å². The minimum absolute atomic E-state index is 0.00102. The molecule has 2 atom stereocenters. The van der Waals surface area contributed by atoms with Crippen molar-refractivity contribution in [2.24, 2.45) is 5.41 Å². The second kappa shape index (κ2) is 12.8. The van der Waals surface area contributed by atoms with Gasteiger partial charge in [0.2, 0.25) is 17.7 Å². The average molecular weight is 598 g/mol. The van der Waals surface area contributed by atoms with Gasteiger partial charge in [0.15, 0.2) is 0 Å².